The van der Waals surface area contributed by atoms with E-state index in [0.717, 1.165) is 25.7 Å². The molecule has 0 saturated heterocycles. The molecule has 1 unspecified atom stereocenters. The Balaban J connectivity index is 1.45. The number of hydrogen-bond acceptors (Lipinski definition) is 14. The van der Waals surface area contributed by atoms with E-state index in [1.165, 1.54) is 77.6 Å². The molecular weight excluding hydrogens is 1090 g/mol. The number of hydrogen-bond donors (Lipinski definition) is 6. The van der Waals surface area contributed by atoms with Gasteiger partial charge in [-0.15, -0.1) is 0 Å². The van der Waals surface area contributed by atoms with E-state index in [2.05, 4.69) is 33.5 Å². The Kier molecular flexibility index (Phi) is 44.2. The number of amides is 5. The second kappa shape index (κ2) is 49.7. The van der Waals surface area contributed by atoms with Crippen LogP contribution in [0, 0.1) is 17.8 Å². The molecule has 85 heavy (non-hydrogen) atoms. The molecule has 20 heteroatoms. The summed E-state index contributed by atoms with van der Waals surface area (Å²) in [6.45, 7) is 7.35. The number of anilines is 2. The van der Waals surface area contributed by atoms with Crippen molar-refractivity contribution in [2.24, 2.45) is 17.8 Å². The summed E-state index contributed by atoms with van der Waals surface area (Å²) in [5.74, 6) is -3.97. The molecule has 20 nitrogen and oxygen atoms in total. The standard InChI is InChI=1S/C65H107N5O15/c1-4-6-7-8-9-10-11-12-13-14-15-16-17-18-19-25-60(75)70-57(65(80)81)35-34-56(72)24-22-42-82-44-46-84-49-64(79)67-41-43-83-45-47-85-48-63(78)66-40-21-20-23-51(5-2)58(73)37-27-53-29-39-62(77)69-55-32-30-54(31-33-55)68-61(76)38-28-52(50(3)71)26-36-59(53)74/h30-33,51-53,57H,4-29,34-49H2,1-3H3,(H,66,78)(H,67,79)(H,68,76)(H,69,77)(H,70,75)(H,80,81)/t51-,52-,53-,57?/m0/s1. The normalized spacial score (nSPS) is 15.7. The molecule has 0 radical (unpaired) electrons. The molecule has 6 N–H and O–H groups in total. The second-order valence-corrected chi connectivity index (χ2v) is 22.7. The fourth-order valence-corrected chi connectivity index (χ4v) is 10.2. The fourth-order valence-electron chi connectivity index (χ4n) is 10.2. The van der Waals surface area contributed by atoms with Crippen molar-refractivity contribution in [2.75, 3.05) is 76.6 Å². The number of carbonyl (C=O) groups excluding carboxylic acids is 9. The highest BCUT2D eigenvalue weighted by Crippen LogP contribution is 2.26. The molecule has 4 atom stereocenters. The number of carboxylic acids is 1. The minimum Gasteiger partial charge on any atom is -0.480 e. The van der Waals surface area contributed by atoms with Crippen LogP contribution in [0.2, 0.25) is 0 Å². The number of unbranched alkanes of at least 4 members (excludes halogenated alkanes) is 15. The van der Waals surface area contributed by atoms with Crippen LogP contribution in [0.3, 0.4) is 0 Å². The summed E-state index contributed by atoms with van der Waals surface area (Å²) >= 11 is 0. The lowest BCUT2D eigenvalue weighted by atomic mass is 9.84. The fraction of sp³-hybridized carbons (Fsp3) is 0.754. The van der Waals surface area contributed by atoms with Crippen LogP contribution in [-0.2, 0) is 66.9 Å². The minimum absolute atomic E-state index is 0.0376. The third kappa shape index (κ3) is 40.6. The summed E-state index contributed by atoms with van der Waals surface area (Å²) in [6, 6.07) is 5.65. The Bertz CT molecular complexity index is 2090. The van der Waals surface area contributed by atoms with Crippen LogP contribution >= 0.6 is 0 Å². The zero-order chi connectivity index (χ0) is 62.1. The predicted molar refractivity (Wildman–Crippen MR) is 328 cm³/mol. The van der Waals surface area contributed by atoms with Crippen LogP contribution < -0.4 is 26.6 Å². The van der Waals surface area contributed by atoms with E-state index in [1.807, 2.05) is 6.92 Å². The molecule has 0 spiro atoms. The monoisotopic (exact) mass is 1200 g/mol. The van der Waals surface area contributed by atoms with Crippen LogP contribution in [0.25, 0.3) is 0 Å². The van der Waals surface area contributed by atoms with Crippen LogP contribution in [0.15, 0.2) is 24.3 Å². The number of carboxylic acid groups (broad SMARTS) is 1. The van der Waals surface area contributed by atoms with Gasteiger partial charge in [-0.3, -0.25) is 43.2 Å². The topological polar surface area (TPSA) is 288 Å². The number of nitrogens with one attached hydrogen (secondary N) is 5. The third-order valence-electron chi connectivity index (χ3n) is 15.5. The summed E-state index contributed by atoms with van der Waals surface area (Å²) in [7, 11) is 0. The molecule has 5 amide bonds. The molecule has 2 aliphatic heterocycles. The van der Waals surface area contributed by atoms with Crippen molar-refractivity contribution in [3.63, 3.8) is 0 Å². The number of ketones is 4. The maximum absolute atomic E-state index is 13.5. The number of fused-ring (bicyclic) bond motifs is 14. The highest BCUT2D eigenvalue weighted by atomic mass is 16.5. The molecule has 1 aromatic rings. The number of aliphatic carboxylic acids is 1. The van der Waals surface area contributed by atoms with Crippen molar-refractivity contribution < 1.29 is 72.0 Å². The van der Waals surface area contributed by atoms with Gasteiger partial charge in [0, 0.05) is 93.8 Å². The first-order valence-electron chi connectivity index (χ1n) is 32.3. The third-order valence-corrected chi connectivity index (χ3v) is 15.5. The summed E-state index contributed by atoms with van der Waals surface area (Å²) in [5, 5.41) is 23.3. The Labute approximate surface area is 507 Å². The van der Waals surface area contributed by atoms with Gasteiger partial charge in [-0.25, -0.2) is 4.79 Å². The second-order valence-electron chi connectivity index (χ2n) is 22.7. The van der Waals surface area contributed by atoms with E-state index < -0.39 is 23.8 Å². The summed E-state index contributed by atoms with van der Waals surface area (Å²) in [5.41, 5.74) is 1.13. The SMILES string of the molecule is CCCCCCCCCCCCCCCCCC(=O)NC(CCC(=O)CCCOCCOCC(=O)NCCOCCOCC(=O)NCCCC[C@H](CC)C(=O)CC[C@H]1CCC(=O)Nc2ccc(cc2)NC(=O)CC[C@@H](C(C)=O)CCC1=O)C(=O)O. The maximum atomic E-state index is 13.5. The van der Waals surface area contributed by atoms with Crippen molar-refractivity contribution in [2.45, 2.75) is 232 Å². The van der Waals surface area contributed by atoms with Gasteiger partial charge in [0.1, 0.15) is 42.4 Å². The van der Waals surface area contributed by atoms with Gasteiger partial charge in [0.05, 0.1) is 33.0 Å². The average molecular weight is 1200 g/mol. The van der Waals surface area contributed by atoms with Crippen molar-refractivity contribution in [3.8, 4) is 0 Å². The largest absolute Gasteiger partial charge is 0.480 e. The van der Waals surface area contributed by atoms with Gasteiger partial charge in [0.25, 0.3) is 0 Å². The van der Waals surface area contributed by atoms with E-state index >= 15 is 0 Å². The van der Waals surface area contributed by atoms with E-state index in [0.29, 0.717) is 75.9 Å². The Morgan fingerprint density at radius 2 is 1.06 bits per heavy atom. The molecule has 3 rings (SSSR count). The number of ether oxygens (including phenoxy) is 4. The van der Waals surface area contributed by atoms with Gasteiger partial charge >= 0.3 is 5.97 Å². The number of rotatable bonds is 49. The first-order chi connectivity index (χ1) is 41.1. The Morgan fingerprint density at radius 3 is 1.61 bits per heavy atom. The smallest absolute Gasteiger partial charge is 0.326 e. The molecule has 2 aliphatic rings. The molecule has 0 fully saturated rings. The van der Waals surface area contributed by atoms with Gasteiger partial charge in [-0.2, -0.15) is 0 Å². The first kappa shape index (κ1) is 75.7. The van der Waals surface area contributed by atoms with Crippen LogP contribution in [0.5, 0.6) is 0 Å². The average Bonchev–Trinajstić information content (AvgIpc) is 3.57. The van der Waals surface area contributed by atoms with Gasteiger partial charge in [-0.05, 0) is 95.4 Å². The lowest BCUT2D eigenvalue weighted by molar-refractivity contribution is -0.142. The van der Waals surface area contributed by atoms with Crippen molar-refractivity contribution in [3.05, 3.63) is 24.3 Å². The van der Waals surface area contributed by atoms with Gasteiger partial charge in [0.15, 0.2) is 0 Å². The summed E-state index contributed by atoms with van der Waals surface area (Å²) < 4.78 is 21.7. The molecule has 2 heterocycles. The molecular formula is C65H107N5O15. The molecule has 1 aromatic carbocycles. The lowest BCUT2D eigenvalue weighted by Gasteiger charge is -2.19. The van der Waals surface area contributed by atoms with Crippen LogP contribution in [0.1, 0.15) is 226 Å². The Morgan fingerprint density at radius 1 is 0.541 bits per heavy atom. The molecule has 0 aromatic heterocycles. The van der Waals surface area contributed by atoms with Crippen molar-refractivity contribution >= 4 is 70.0 Å². The minimum atomic E-state index is -1.15. The molecule has 482 valence electrons. The lowest BCUT2D eigenvalue weighted by Crippen LogP contribution is -2.41. The van der Waals surface area contributed by atoms with E-state index in [1.54, 1.807) is 24.3 Å². The number of Topliss-reactive ketones (excluding diaryl/α,β-unsaturated/α-hetero) is 4. The maximum Gasteiger partial charge on any atom is 0.326 e. The van der Waals surface area contributed by atoms with Gasteiger partial charge in [0.2, 0.25) is 29.5 Å². The van der Waals surface area contributed by atoms with E-state index in [-0.39, 0.29) is 169 Å². The summed E-state index contributed by atoms with van der Waals surface area (Å²) in [4.78, 5) is 126. The van der Waals surface area contributed by atoms with Gasteiger partial charge in [-0.1, -0.05) is 110 Å². The first-order valence-corrected chi connectivity index (χ1v) is 32.3. The van der Waals surface area contributed by atoms with Gasteiger partial charge < -0.3 is 50.6 Å². The van der Waals surface area contributed by atoms with Crippen molar-refractivity contribution in [1.82, 2.24) is 16.0 Å². The van der Waals surface area contributed by atoms with Crippen molar-refractivity contribution in [1.29, 1.82) is 0 Å². The molecule has 0 saturated carbocycles. The quantitative estimate of drug-likeness (QED) is 0.0331. The number of benzene rings is 1. The highest BCUT2D eigenvalue weighted by molar-refractivity contribution is 5.94. The Hall–Kier alpha value is -5.44. The van der Waals surface area contributed by atoms with E-state index in [9.17, 15) is 53.1 Å². The highest BCUT2D eigenvalue weighted by Gasteiger charge is 2.26. The van der Waals surface area contributed by atoms with Crippen LogP contribution in [0.4, 0.5) is 11.4 Å². The summed E-state index contributed by atoms with van der Waals surface area (Å²) in [6.07, 6.45) is 23.8. The van der Waals surface area contributed by atoms with Crippen LogP contribution in [-0.4, -0.2) is 136 Å². The zero-order valence-electron chi connectivity index (χ0n) is 52.0. The zero-order valence-corrected chi connectivity index (χ0v) is 52.0. The number of carbonyl (C=O) groups is 10. The molecule has 0 aliphatic carbocycles. The van der Waals surface area contributed by atoms with E-state index in [4.69, 9.17) is 18.9 Å². The predicted octanol–water partition coefficient (Wildman–Crippen LogP) is 10.1. The molecule has 2 bridgehead atoms.